The molecule has 1 atom stereocenters. The van der Waals surface area contributed by atoms with E-state index in [4.69, 9.17) is 14.2 Å². The molecular formula is C77H144O6. The molecule has 0 spiro atoms. The van der Waals surface area contributed by atoms with E-state index in [0.717, 1.165) is 77.0 Å². The fourth-order valence-electron chi connectivity index (χ4n) is 11.5. The molecule has 0 N–H and O–H groups in total. The maximum absolute atomic E-state index is 13.0. The number of allylic oxidation sites excluding steroid dienone is 6. The Labute approximate surface area is 518 Å². The maximum atomic E-state index is 13.0. The van der Waals surface area contributed by atoms with Gasteiger partial charge in [0.05, 0.1) is 0 Å². The van der Waals surface area contributed by atoms with E-state index in [-0.39, 0.29) is 31.1 Å². The van der Waals surface area contributed by atoms with Crippen LogP contribution in [0.1, 0.15) is 419 Å². The van der Waals surface area contributed by atoms with Gasteiger partial charge in [-0.1, -0.05) is 378 Å². The number of unbranched alkanes of at least 4 members (excludes halogenated alkanes) is 53. The Balaban J connectivity index is 4.32. The van der Waals surface area contributed by atoms with Crippen LogP contribution in [0.2, 0.25) is 0 Å². The summed E-state index contributed by atoms with van der Waals surface area (Å²) < 4.78 is 17.0. The topological polar surface area (TPSA) is 78.9 Å². The molecule has 0 rings (SSSR count). The zero-order valence-corrected chi connectivity index (χ0v) is 56.2. The van der Waals surface area contributed by atoms with Crippen LogP contribution in [0.5, 0.6) is 0 Å². The first kappa shape index (κ1) is 80.6. The third-order valence-corrected chi connectivity index (χ3v) is 17.1. The predicted molar refractivity (Wildman–Crippen MR) is 362 cm³/mol. The SMILES string of the molecule is CCCCCCC/C=C\C/C=C\C/C=C\CCCCCCCCC(=O)OC(COC(=O)CCCCCCCCCCCCCCCCCCCCCCC)COC(=O)CCCCCCCCCCCCCCCCCCCCCCCCC. The smallest absolute Gasteiger partial charge is 0.306 e. The Kier molecular flexibility index (Phi) is 70.0. The lowest BCUT2D eigenvalue weighted by molar-refractivity contribution is -0.167. The van der Waals surface area contributed by atoms with Crippen LogP contribution < -0.4 is 0 Å². The van der Waals surface area contributed by atoms with E-state index < -0.39 is 6.10 Å². The number of hydrogen-bond acceptors (Lipinski definition) is 6. The molecule has 0 amide bonds. The van der Waals surface area contributed by atoms with Crippen LogP contribution in [0.25, 0.3) is 0 Å². The fourth-order valence-corrected chi connectivity index (χ4v) is 11.5. The van der Waals surface area contributed by atoms with Gasteiger partial charge in [-0.25, -0.2) is 0 Å². The molecule has 0 aromatic rings. The molecule has 6 heteroatoms. The summed E-state index contributed by atoms with van der Waals surface area (Å²) in [7, 11) is 0. The van der Waals surface area contributed by atoms with Crippen LogP contribution >= 0.6 is 0 Å². The van der Waals surface area contributed by atoms with E-state index in [0.29, 0.717) is 19.3 Å². The number of carbonyl (C=O) groups excluding carboxylic acids is 3. The Bertz CT molecular complexity index is 1380. The van der Waals surface area contributed by atoms with Gasteiger partial charge in [0.2, 0.25) is 0 Å². The molecule has 1 unspecified atom stereocenters. The third kappa shape index (κ3) is 70.3. The summed E-state index contributed by atoms with van der Waals surface area (Å²) >= 11 is 0. The van der Waals surface area contributed by atoms with Gasteiger partial charge in [-0.05, 0) is 57.8 Å². The fraction of sp³-hybridized carbons (Fsp3) is 0.883. The molecule has 6 nitrogen and oxygen atoms in total. The Morgan fingerprint density at radius 2 is 0.434 bits per heavy atom. The van der Waals surface area contributed by atoms with Crippen molar-refractivity contribution in [2.45, 2.75) is 425 Å². The van der Waals surface area contributed by atoms with Crippen molar-refractivity contribution in [1.82, 2.24) is 0 Å². The lowest BCUT2D eigenvalue weighted by atomic mass is 10.0. The molecule has 0 aliphatic rings. The van der Waals surface area contributed by atoms with Gasteiger partial charge in [0, 0.05) is 19.3 Å². The minimum absolute atomic E-state index is 0.0715. The Hall–Kier alpha value is -2.37. The van der Waals surface area contributed by atoms with E-state index in [1.807, 2.05) is 0 Å². The molecule has 0 heterocycles. The molecule has 0 saturated heterocycles. The molecule has 488 valence electrons. The number of esters is 3. The molecule has 0 aromatic carbocycles. The number of rotatable bonds is 70. The van der Waals surface area contributed by atoms with Crippen molar-refractivity contribution in [2.75, 3.05) is 13.2 Å². The van der Waals surface area contributed by atoms with E-state index in [1.165, 1.54) is 302 Å². The van der Waals surface area contributed by atoms with Gasteiger partial charge < -0.3 is 14.2 Å². The van der Waals surface area contributed by atoms with Crippen LogP contribution in [0.4, 0.5) is 0 Å². The Morgan fingerprint density at radius 1 is 0.241 bits per heavy atom. The predicted octanol–water partition coefficient (Wildman–Crippen LogP) is 25.9. The van der Waals surface area contributed by atoms with E-state index in [9.17, 15) is 14.4 Å². The van der Waals surface area contributed by atoms with Gasteiger partial charge in [-0.3, -0.25) is 14.4 Å². The first-order valence-electron chi connectivity index (χ1n) is 37.5. The van der Waals surface area contributed by atoms with Crippen molar-refractivity contribution in [3.8, 4) is 0 Å². The highest BCUT2D eigenvalue weighted by atomic mass is 16.6. The standard InChI is InChI=1S/C77H144O6/c1-4-7-10-13-16-19-22-25-28-31-34-37-38-41-43-46-49-52-55-58-61-64-67-70-76(79)82-73-74(83-77(80)71-68-65-62-59-56-53-50-47-44-40-36-33-30-27-24-21-18-15-12-9-6-3)72-81-75(78)69-66-63-60-57-54-51-48-45-42-39-35-32-29-26-23-20-17-14-11-8-5-2/h24,27,33,36,44,47,74H,4-23,25-26,28-32,34-35,37-43,45-46,48-73H2,1-3H3/b27-24-,36-33-,47-44-. The summed E-state index contributed by atoms with van der Waals surface area (Å²) in [6, 6.07) is 0. The van der Waals surface area contributed by atoms with Crippen molar-refractivity contribution in [3.63, 3.8) is 0 Å². The van der Waals surface area contributed by atoms with Gasteiger partial charge in [0.25, 0.3) is 0 Å². The Morgan fingerprint density at radius 3 is 0.675 bits per heavy atom. The highest BCUT2D eigenvalue weighted by Crippen LogP contribution is 2.19. The molecule has 0 saturated carbocycles. The average molecular weight is 1170 g/mol. The third-order valence-electron chi connectivity index (χ3n) is 17.1. The molecule has 0 aliphatic heterocycles. The highest BCUT2D eigenvalue weighted by molar-refractivity contribution is 5.71. The minimum atomic E-state index is -0.778. The lowest BCUT2D eigenvalue weighted by Crippen LogP contribution is -2.30. The van der Waals surface area contributed by atoms with Crippen LogP contribution in [-0.4, -0.2) is 37.2 Å². The summed E-state index contributed by atoms with van der Waals surface area (Å²) in [5.41, 5.74) is 0. The first-order valence-corrected chi connectivity index (χ1v) is 37.5. The summed E-state index contributed by atoms with van der Waals surface area (Å²) in [5.74, 6) is -0.849. The monoisotopic (exact) mass is 1170 g/mol. The largest absolute Gasteiger partial charge is 0.462 e. The molecule has 83 heavy (non-hydrogen) atoms. The molecule has 0 aromatic heterocycles. The first-order chi connectivity index (χ1) is 41.0. The van der Waals surface area contributed by atoms with E-state index in [1.54, 1.807) is 0 Å². The van der Waals surface area contributed by atoms with Crippen molar-refractivity contribution < 1.29 is 28.6 Å². The second-order valence-corrected chi connectivity index (χ2v) is 25.6. The summed E-state index contributed by atoms with van der Waals surface area (Å²) in [6.45, 7) is 6.71. The summed E-state index contributed by atoms with van der Waals surface area (Å²) in [6.07, 6.45) is 90.4. The number of carbonyl (C=O) groups is 3. The van der Waals surface area contributed by atoms with Gasteiger partial charge >= 0.3 is 17.9 Å². The van der Waals surface area contributed by atoms with Crippen LogP contribution in [0, 0.1) is 0 Å². The molecule has 0 radical (unpaired) electrons. The van der Waals surface area contributed by atoms with Crippen molar-refractivity contribution in [2.24, 2.45) is 0 Å². The van der Waals surface area contributed by atoms with Crippen LogP contribution in [-0.2, 0) is 28.6 Å². The number of ether oxygens (including phenoxy) is 3. The van der Waals surface area contributed by atoms with Crippen LogP contribution in [0.3, 0.4) is 0 Å². The molecule has 0 bridgehead atoms. The molecular weight excluding hydrogens is 1020 g/mol. The highest BCUT2D eigenvalue weighted by Gasteiger charge is 2.20. The van der Waals surface area contributed by atoms with Gasteiger partial charge in [-0.2, -0.15) is 0 Å². The average Bonchev–Trinajstić information content (AvgIpc) is 3.49. The normalized spacial score (nSPS) is 12.2. The zero-order chi connectivity index (χ0) is 59.9. The van der Waals surface area contributed by atoms with E-state index >= 15 is 0 Å². The molecule has 0 fully saturated rings. The van der Waals surface area contributed by atoms with Gasteiger partial charge in [0.15, 0.2) is 6.10 Å². The van der Waals surface area contributed by atoms with Crippen LogP contribution in [0.15, 0.2) is 36.5 Å². The second-order valence-electron chi connectivity index (χ2n) is 25.6. The molecule has 0 aliphatic carbocycles. The van der Waals surface area contributed by atoms with Gasteiger partial charge in [0.1, 0.15) is 13.2 Å². The van der Waals surface area contributed by atoms with Crippen molar-refractivity contribution in [3.05, 3.63) is 36.5 Å². The van der Waals surface area contributed by atoms with Gasteiger partial charge in [-0.15, -0.1) is 0 Å². The second kappa shape index (κ2) is 72.1. The lowest BCUT2D eigenvalue weighted by Gasteiger charge is -2.18. The summed E-state index contributed by atoms with van der Waals surface area (Å²) in [5, 5.41) is 0. The minimum Gasteiger partial charge on any atom is -0.462 e. The van der Waals surface area contributed by atoms with Crippen molar-refractivity contribution >= 4 is 17.9 Å². The van der Waals surface area contributed by atoms with Crippen molar-refractivity contribution in [1.29, 1.82) is 0 Å². The number of hydrogen-bond donors (Lipinski definition) is 0. The van der Waals surface area contributed by atoms with E-state index in [2.05, 4.69) is 57.2 Å². The quantitative estimate of drug-likeness (QED) is 0.0261. The maximum Gasteiger partial charge on any atom is 0.306 e. The zero-order valence-electron chi connectivity index (χ0n) is 56.2. The summed E-state index contributed by atoms with van der Waals surface area (Å²) in [4.78, 5) is 38.6.